The second-order valence-electron chi connectivity index (χ2n) is 5.47. The van der Waals surface area contributed by atoms with Gasteiger partial charge in [-0.25, -0.2) is 4.98 Å². The third-order valence-electron chi connectivity index (χ3n) is 3.15. The van der Waals surface area contributed by atoms with E-state index in [-0.39, 0.29) is 6.04 Å². The smallest absolute Gasteiger partial charge is 0.104 e. The Hall–Kier alpha value is -1.32. The van der Waals surface area contributed by atoms with Crippen molar-refractivity contribution in [3.63, 3.8) is 0 Å². The molecule has 20 heavy (non-hydrogen) atoms. The molecule has 0 fully saturated rings. The van der Waals surface area contributed by atoms with Gasteiger partial charge in [-0.05, 0) is 48.6 Å². The topological polar surface area (TPSA) is 38.9 Å². The molecule has 0 aliphatic heterocycles. The Balaban J connectivity index is 2.17. The third kappa shape index (κ3) is 4.09. The molecule has 1 unspecified atom stereocenters. The van der Waals surface area contributed by atoms with Crippen molar-refractivity contribution in [3.05, 3.63) is 53.7 Å². The number of pyridine rings is 1. The van der Waals surface area contributed by atoms with Crippen LogP contribution in [0.3, 0.4) is 0 Å². The van der Waals surface area contributed by atoms with E-state index in [4.69, 9.17) is 5.73 Å². The fraction of sp³-hybridized carbons (Fsp3) is 0.353. The first-order chi connectivity index (χ1) is 9.56. The molecule has 1 aromatic carbocycles. The molecule has 106 valence electrons. The van der Waals surface area contributed by atoms with Crippen LogP contribution in [0.5, 0.6) is 0 Å². The zero-order chi connectivity index (χ0) is 14.5. The van der Waals surface area contributed by atoms with E-state index in [1.165, 1.54) is 16.0 Å². The third-order valence-corrected chi connectivity index (χ3v) is 4.22. The van der Waals surface area contributed by atoms with Crippen LogP contribution in [0.1, 0.15) is 37.8 Å². The predicted octanol–water partition coefficient (Wildman–Crippen LogP) is 4.25. The van der Waals surface area contributed by atoms with Crippen LogP contribution in [0.25, 0.3) is 0 Å². The number of hydrogen-bond acceptors (Lipinski definition) is 3. The highest BCUT2D eigenvalue weighted by Crippen LogP contribution is 2.30. The lowest BCUT2D eigenvalue weighted by Crippen LogP contribution is -2.18. The van der Waals surface area contributed by atoms with E-state index in [9.17, 15) is 0 Å². The van der Waals surface area contributed by atoms with Crippen molar-refractivity contribution >= 4 is 11.8 Å². The van der Waals surface area contributed by atoms with Crippen molar-refractivity contribution in [1.82, 2.24) is 4.98 Å². The minimum absolute atomic E-state index is 0.155. The van der Waals surface area contributed by atoms with E-state index in [2.05, 4.69) is 49.2 Å². The number of nitrogens with two attached hydrogens (primary N) is 1. The van der Waals surface area contributed by atoms with Crippen molar-refractivity contribution in [2.45, 2.75) is 49.1 Å². The summed E-state index contributed by atoms with van der Waals surface area (Å²) in [4.78, 5) is 5.71. The minimum Gasteiger partial charge on any atom is -0.328 e. The first kappa shape index (κ1) is 15.1. The average Bonchev–Trinajstić information content (AvgIpc) is 2.41. The second kappa shape index (κ2) is 6.91. The predicted molar refractivity (Wildman–Crippen MR) is 86.2 cm³/mol. The monoisotopic (exact) mass is 286 g/mol. The molecule has 0 amide bonds. The van der Waals surface area contributed by atoms with E-state index in [1.807, 2.05) is 19.2 Å². The van der Waals surface area contributed by atoms with Gasteiger partial charge in [-0.1, -0.05) is 43.8 Å². The van der Waals surface area contributed by atoms with Gasteiger partial charge in [0.15, 0.2) is 0 Å². The van der Waals surface area contributed by atoms with Crippen LogP contribution in [0.4, 0.5) is 0 Å². The normalized spacial score (nSPS) is 12.7. The largest absolute Gasteiger partial charge is 0.328 e. The van der Waals surface area contributed by atoms with Gasteiger partial charge in [0.1, 0.15) is 5.03 Å². The Bertz CT molecular complexity index is 547. The van der Waals surface area contributed by atoms with Gasteiger partial charge in [0.2, 0.25) is 0 Å². The average molecular weight is 286 g/mol. The van der Waals surface area contributed by atoms with Crippen LogP contribution in [0, 0.1) is 0 Å². The molecule has 0 bridgehead atoms. The number of rotatable bonds is 5. The Morgan fingerprint density at radius 1 is 1.10 bits per heavy atom. The van der Waals surface area contributed by atoms with Gasteiger partial charge in [0.25, 0.3) is 0 Å². The summed E-state index contributed by atoms with van der Waals surface area (Å²) in [7, 11) is 0. The summed E-state index contributed by atoms with van der Waals surface area (Å²) in [5.41, 5.74) is 8.49. The lowest BCUT2D eigenvalue weighted by Gasteiger charge is -2.11. The number of hydrogen-bond donors (Lipinski definition) is 1. The Morgan fingerprint density at radius 3 is 2.40 bits per heavy atom. The highest BCUT2D eigenvalue weighted by molar-refractivity contribution is 7.99. The van der Waals surface area contributed by atoms with Crippen LogP contribution >= 0.6 is 11.8 Å². The molecule has 1 heterocycles. The summed E-state index contributed by atoms with van der Waals surface area (Å²) < 4.78 is 0. The van der Waals surface area contributed by atoms with Crippen molar-refractivity contribution in [2.24, 2.45) is 5.73 Å². The number of aromatic nitrogens is 1. The van der Waals surface area contributed by atoms with Crippen molar-refractivity contribution in [3.8, 4) is 0 Å². The van der Waals surface area contributed by atoms with E-state index < -0.39 is 0 Å². The van der Waals surface area contributed by atoms with E-state index in [0.29, 0.717) is 5.92 Å². The minimum atomic E-state index is 0.155. The SMILES string of the molecule is CC(N)Cc1cccnc1Sc1ccc(C(C)C)cc1. The molecule has 1 atom stereocenters. The summed E-state index contributed by atoms with van der Waals surface area (Å²) in [6.45, 7) is 6.45. The molecule has 0 saturated heterocycles. The van der Waals surface area contributed by atoms with Crippen LogP contribution in [0.2, 0.25) is 0 Å². The number of nitrogens with zero attached hydrogens (tertiary/aromatic N) is 1. The molecule has 0 spiro atoms. The molecule has 3 heteroatoms. The summed E-state index contributed by atoms with van der Waals surface area (Å²) in [6, 6.07) is 13.0. The molecule has 0 aliphatic carbocycles. The molecule has 2 rings (SSSR count). The maximum Gasteiger partial charge on any atom is 0.104 e. The molecular weight excluding hydrogens is 264 g/mol. The Labute approximate surface area is 125 Å². The van der Waals surface area contributed by atoms with Crippen LogP contribution in [0.15, 0.2) is 52.5 Å². The maximum atomic E-state index is 5.90. The molecule has 1 aromatic heterocycles. The molecule has 2 aromatic rings. The Kier molecular flexibility index (Phi) is 5.21. The fourth-order valence-corrected chi connectivity index (χ4v) is 2.94. The van der Waals surface area contributed by atoms with Crippen molar-refractivity contribution < 1.29 is 0 Å². The Morgan fingerprint density at radius 2 is 1.80 bits per heavy atom. The van der Waals surface area contributed by atoms with Crippen molar-refractivity contribution in [1.29, 1.82) is 0 Å². The van der Waals surface area contributed by atoms with E-state index >= 15 is 0 Å². The quantitative estimate of drug-likeness (QED) is 0.893. The van der Waals surface area contributed by atoms with Gasteiger partial charge in [0.05, 0.1) is 0 Å². The van der Waals surface area contributed by atoms with Crippen molar-refractivity contribution in [2.75, 3.05) is 0 Å². The standard InChI is InChI=1S/C17H22N2S/c1-12(2)14-6-8-16(9-7-14)20-17-15(11-13(3)18)5-4-10-19-17/h4-10,12-13H,11,18H2,1-3H3. The molecular formula is C17H22N2S. The van der Waals surface area contributed by atoms with Gasteiger partial charge in [-0.2, -0.15) is 0 Å². The molecule has 0 saturated carbocycles. The van der Waals surface area contributed by atoms with E-state index in [0.717, 1.165) is 11.4 Å². The summed E-state index contributed by atoms with van der Waals surface area (Å²) >= 11 is 1.71. The highest BCUT2D eigenvalue weighted by atomic mass is 32.2. The fourth-order valence-electron chi connectivity index (χ4n) is 2.05. The molecule has 2 N–H and O–H groups in total. The first-order valence-electron chi connectivity index (χ1n) is 7.03. The van der Waals surface area contributed by atoms with E-state index in [1.54, 1.807) is 11.8 Å². The van der Waals surface area contributed by atoms with Gasteiger partial charge < -0.3 is 5.73 Å². The molecule has 0 radical (unpaired) electrons. The van der Waals surface area contributed by atoms with Crippen LogP contribution in [-0.4, -0.2) is 11.0 Å². The molecule has 0 aliphatic rings. The maximum absolute atomic E-state index is 5.90. The van der Waals surface area contributed by atoms with Crippen LogP contribution in [-0.2, 0) is 6.42 Å². The number of benzene rings is 1. The summed E-state index contributed by atoms with van der Waals surface area (Å²) in [6.07, 6.45) is 2.70. The second-order valence-corrected chi connectivity index (χ2v) is 6.54. The van der Waals surface area contributed by atoms with Gasteiger partial charge in [-0.3, -0.25) is 0 Å². The summed E-state index contributed by atoms with van der Waals surface area (Å²) in [5.74, 6) is 0.567. The first-order valence-corrected chi connectivity index (χ1v) is 7.85. The van der Waals surface area contributed by atoms with Gasteiger partial charge in [0, 0.05) is 17.1 Å². The van der Waals surface area contributed by atoms with Gasteiger partial charge in [-0.15, -0.1) is 0 Å². The highest BCUT2D eigenvalue weighted by Gasteiger charge is 2.08. The zero-order valence-electron chi connectivity index (χ0n) is 12.3. The van der Waals surface area contributed by atoms with Gasteiger partial charge >= 0.3 is 0 Å². The zero-order valence-corrected chi connectivity index (χ0v) is 13.2. The molecule has 2 nitrogen and oxygen atoms in total. The lowest BCUT2D eigenvalue weighted by molar-refractivity contribution is 0.722. The lowest BCUT2D eigenvalue weighted by atomic mass is 10.0. The van der Waals surface area contributed by atoms with Crippen LogP contribution < -0.4 is 5.73 Å². The summed E-state index contributed by atoms with van der Waals surface area (Å²) in [5, 5.41) is 1.06.